The summed E-state index contributed by atoms with van der Waals surface area (Å²) in [5.74, 6) is -0.127. The average Bonchev–Trinajstić information content (AvgIpc) is 2.76. The Morgan fingerprint density at radius 3 is 2.72 bits per heavy atom. The van der Waals surface area contributed by atoms with E-state index in [1.54, 1.807) is 0 Å². The van der Waals surface area contributed by atoms with Crippen LogP contribution in [0.4, 0.5) is 0 Å². The summed E-state index contributed by atoms with van der Waals surface area (Å²) in [6, 6.07) is 9.30. The molecule has 1 amide bonds. The number of aliphatic hydroxyl groups excluding tert-OH is 1. The van der Waals surface area contributed by atoms with Crippen LogP contribution in [0.1, 0.15) is 24.8 Å². The van der Waals surface area contributed by atoms with Gasteiger partial charge in [-0.05, 0) is 31.2 Å². The van der Waals surface area contributed by atoms with E-state index in [0.717, 1.165) is 18.4 Å². The van der Waals surface area contributed by atoms with Gasteiger partial charge in [-0.15, -0.1) is 0 Å². The Hall–Kier alpha value is -1.39. The van der Waals surface area contributed by atoms with Crippen molar-refractivity contribution in [1.82, 2.24) is 5.32 Å². The van der Waals surface area contributed by atoms with Gasteiger partial charge in [-0.25, -0.2) is 0 Å². The lowest BCUT2D eigenvalue weighted by atomic mass is 10.1. The van der Waals surface area contributed by atoms with Crippen LogP contribution < -0.4 is 11.1 Å². The van der Waals surface area contributed by atoms with E-state index in [0.29, 0.717) is 12.8 Å². The number of carbonyl (C=O) groups is 1. The van der Waals surface area contributed by atoms with E-state index in [-0.39, 0.29) is 18.1 Å². The number of aliphatic hydroxyl groups is 1. The van der Waals surface area contributed by atoms with Gasteiger partial charge >= 0.3 is 0 Å². The fourth-order valence-electron chi connectivity index (χ4n) is 2.36. The van der Waals surface area contributed by atoms with E-state index >= 15 is 0 Å². The third kappa shape index (κ3) is 3.55. The second-order valence-electron chi connectivity index (χ2n) is 4.97. The van der Waals surface area contributed by atoms with Crippen LogP contribution in [0, 0.1) is 0 Å². The number of nitrogens with one attached hydrogen (secondary N) is 1. The smallest absolute Gasteiger partial charge is 0.237 e. The molecule has 1 aliphatic carbocycles. The molecule has 98 valence electrons. The molecule has 0 aliphatic heterocycles. The maximum Gasteiger partial charge on any atom is 0.237 e. The standard InChI is InChI=1S/C14H20N2O2/c15-13(8-10-4-2-1-3-5-10)14(18)16-11-6-7-12(17)9-11/h1-5,11-13,17H,6-9,15H2,(H,16,18)/t11-,12+,13+/m0/s1. The molecule has 1 saturated carbocycles. The fourth-order valence-corrected chi connectivity index (χ4v) is 2.36. The summed E-state index contributed by atoms with van der Waals surface area (Å²) < 4.78 is 0. The first-order chi connectivity index (χ1) is 8.65. The van der Waals surface area contributed by atoms with Crippen LogP contribution in [0.5, 0.6) is 0 Å². The van der Waals surface area contributed by atoms with E-state index in [1.807, 2.05) is 30.3 Å². The highest BCUT2D eigenvalue weighted by Crippen LogP contribution is 2.18. The van der Waals surface area contributed by atoms with Crippen LogP contribution in [-0.2, 0) is 11.2 Å². The summed E-state index contributed by atoms with van der Waals surface area (Å²) in [5.41, 5.74) is 6.95. The molecule has 1 aliphatic rings. The van der Waals surface area contributed by atoms with Crippen molar-refractivity contribution in [3.8, 4) is 0 Å². The average molecular weight is 248 g/mol. The van der Waals surface area contributed by atoms with Gasteiger partial charge in [-0.3, -0.25) is 4.79 Å². The molecule has 4 heteroatoms. The van der Waals surface area contributed by atoms with Gasteiger partial charge < -0.3 is 16.2 Å². The molecule has 0 unspecified atom stereocenters. The third-order valence-corrected chi connectivity index (χ3v) is 3.39. The highest BCUT2D eigenvalue weighted by molar-refractivity contribution is 5.82. The molecule has 4 N–H and O–H groups in total. The summed E-state index contributed by atoms with van der Waals surface area (Å²) in [5, 5.41) is 12.3. The van der Waals surface area contributed by atoms with Crippen LogP contribution in [0.15, 0.2) is 30.3 Å². The Morgan fingerprint density at radius 1 is 1.39 bits per heavy atom. The van der Waals surface area contributed by atoms with Crippen LogP contribution >= 0.6 is 0 Å². The summed E-state index contributed by atoms with van der Waals surface area (Å²) in [6.45, 7) is 0. The lowest BCUT2D eigenvalue weighted by molar-refractivity contribution is -0.123. The van der Waals surface area contributed by atoms with E-state index in [2.05, 4.69) is 5.32 Å². The Labute approximate surface area is 107 Å². The summed E-state index contributed by atoms with van der Waals surface area (Å²) >= 11 is 0. The monoisotopic (exact) mass is 248 g/mol. The maximum absolute atomic E-state index is 11.9. The molecule has 2 rings (SSSR count). The number of benzene rings is 1. The largest absolute Gasteiger partial charge is 0.393 e. The van der Waals surface area contributed by atoms with Gasteiger partial charge in [0.15, 0.2) is 0 Å². The van der Waals surface area contributed by atoms with Crippen molar-refractivity contribution in [3.63, 3.8) is 0 Å². The minimum absolute atomic E-state index is 0.0781. The SMILES string of the molecule is N[C@H](Cc1ccccc1)C(=O)N[C@H]1CC[C@@H](O)C1. The zero-order chi connectivity index (χ0) is 13.0. The molecule has 0 heterocycles. The first-order valence-corrected chi connectivity index (χ1v) is 6.43. The van der Waals surface area contributed by atoms with E-state index in [1.165, 1.54) is 0 Å². The predicted octanol–water partition coefficient (Wildman–Crippen LogP) is 0.586. The zero-order valence-electron chi connectivity index (χ0n) is 10.4. The van der Waals surface area contributed by atoms with Gasteiger partial charge in [0.25, 0.3) is 0 Å². The van der Waals surface area contributed by atoms with Gasteiger partial charge in [0.1, 0.15) is 0 Å². The van der Waals surface area contributed by atoms with Crippen molar-refractivity contribution >= 4 is 5.91 Å². The molecule has 1 aromatic rings. The molecule has 4 nitrogen and oxygen atoms in total. The first-order valence-electron chi connectivity index (χ1n) is 6.43. The minimum Gasteiger partial charge on any atom is -0.393 e. The molecule has 1 aromatic carbocycles. The summed E-state index contributed by atoms with van der Waals surface area (Å²) in [4.78, 5) is 11.9. The predicted molar refractivity (Wildman–Crippen MR) is 69.9 cm³/mol. The Morgan fingerprint density at radius 2 is 2.11 bits per heavy atom. The van der Waals surface area contributed by atoms with Gasteiger partial charge in [0, 0.05) is 6.04 Å². The van der Waals surface area contributed by atoms with Gasteiger partial charge in [0.05, 0.1) is 12.1 Å². The fraction of sp³-hybridized carbons (Fsp3) is 0.500. The molecule has 0 bridgehead atoms. The number of hydrogen-bond acceptors (Lipinski definition) is 3. The van der Waals surface area contributed by atoms with Crippen LogP contribution in [0.3, 0.4) is 0 Å². The van der Waals surface area contributed by atoms with Crippen LogP contribution in [0.2, 0.25) is 0 Å². The van der Waals surface area contributed by atoms with E-state index in [9.17, 15) is 9.90 Å². The Kier molecular flexibility index (Phi) is 4.33. The van der Waals surface area contributed by atoms with Gasteiger partial charge in [-0.1, -0.05) is 30.3 Å². The van der Waals surface area contributed by atoms with Crippen LogP contribution in [0.25, 0.3) is 0 Å². The first kappa shape index (κ1) is 13.1. The summed E-state index contributed by atoms with van der Waals surface area (Å²) in [7, 11) is 0. The molecular formula is C14H20N2O2. The molecule has 1 fully saturated rings. The molecule has 0 aromatic heterocycles. The quantitative estimate of drug-likeness (QED) is 0.730. The van der Waals surface area contributed by atoms with Crippen molar-refractivity contribution in [2.45, 2.75) is 43.9 Å². The second-order valence-corrected chi connectivity index (χ2v) is 4.97. The Balaban J connectivity index is 1.82. The number of hydrogen-bond donors (Lipinski definition) is 3. The minimum atomic E-state index is -0.523. The maximum atomic E-state index is 11.9. The second kappa shape index (κ2) is 5.98. The van der Waals surface area contributed by atoms with Crippen molar-refractivity contribution in [2.75, 3.05) is 0 Å². The molecule has 0 spiro atoms. The third-order valence-electron chi connectivity index (χ3n) is 3.39. The number of amides is 1. The van der Waals surface area contributed by atoms with Gasteiger partial charge in [0.2, 0.25) is 5.91 Å². The molecule has 3 atom stereocenters. The highest BCUT2D eigenvalue weighted by Gasteiger charge is 2.25. The van der Waals surface area contributed by atoms with Crippen molar-refractivity contribution in [2.24, 2.45) is 5.73 Å². The number of nitrogens with two attached hydrogens (primary N) is 1. The lowest BCUT2D eigenvalue weighted by Crippen LogP contribution is -2.45. The normalized spacial score (nSPS) is 24.8. The Bertz CT molecular complexity index is 394. The number of rotatable bonds is 4. The number of carbonyl (C=O) groups excluding carboxylic acids is 1. The molecular weight excluding hydrogens is 228 g/mol. The van der Waals surface area contributed by atoms with Crippen LogP contribution in [-0.4, -0.2) is 29.2 Å². The molecule has 18 heavy (non-hydrogen) atoms. The highest BCUT2D eigenvalue weighted by atomic mass is 16.3. The van der Waals surface area contributed by atoms with Crippen molar-refractivity contribution in [1.29, 1.82) is 0 Å². The van der Waals surface area contributed by atoms with Crippen molar-refractivity contribution < 1.29 is 9.90 Å². The zero-order valence-corrected chi connectivity index (χ0v) is 10.4. The summed E-state index contributed by atoms with van der Waals surface area (Å²) in [6.07, 6.45) is 2.51. The van der Waals surface area contributed by atoms with E-state index < -0.39 is 6.04 Å². The molecule has 0 radical (unpaired) electrons. The molecule has 0 saturated heterocycles. The van der Waals surface area contributed by atoms with Gasteiger partial charge in [-0.2, -0.15) is 0 Å². The topological polar surface area (TPSA) is 75.4 Å². The van der Waals surface area contributed by atoms with E-state index in [4.69, 9.17) is 5.73 Å². The van der Waals surface area contributed by atoms with Crippen molar-refractivity contribution in [3.05, 3.63) is 35.9 Å². The lowest BCUT2D eigenvalue weighted by Gasteiger charge is -2.16.